The van der Waals surface area contributed by atoms with Crippen LogP contribution in [0, 0.1) is 0 Å². The van der Waals surface area contributed by atoms with Gasteiger partial charge in [0, 0.05) is 25.4 Å². The standard InChI is InChI=1S/C19H32N4O2S/c1-4-20-19(22-14-18-7-6-12-23(18)5-2)21-13-16-8-10-17(11-9-16)15-26(3,24)25/h8-11,18H,4-7,12-15H2,1-3H3,(H2,20,21,22). The molecule has 6 nitrogen and oxygen atoms in total. The van der Waals surface area contributed by atoms with E-state index in [0.717, 1.165) is 36.7 Å². The van der Waals surface area contributed by atoms with E-state index in [4.69, 9.17) is 0 Å². The Morgan fingerprint density at radius 3 is 2.50 bits per heavy atom. The molecular weight excluding hydrogens is 348 g/mol. The van der Waals surface area contributed by atoms with Gasteiger partial charge in [-0.15, -0.1) is 0 Å². The molecule has 1 aliphatic rings. The maximum absolute atomic E-state index is 11.4. The molecule has 2 N–H and O–H groups in total. The summed E-state index contributed by atoms with van der Waals surface area (Å²) in [5.41, 5.74) is 1.88. The van der Waals surface area contributed by atoms with Crippen molar-refractivity contribution < 1.29 is 8.42 Å². The van der Waals surface area contributed by atoms with Crippen molar-refractivity contribution in [1.82, 2.24) is 15.5 Å². The molecule has 1 aromatic carbocycles. The van der Waals surface area contributed by atoms with Gasteiger partial charge in [0.05, 0.1) is 12.3 Å². The average molecular weight is 381 g/mol. The molecule has 1 fully saturated rings. The summed E-state index contributed by atoms with van der Waals surface area (Å²) in [5, 5.41) is 6.75. The van der Waals surface area contributed by atoms with Gasteiger partial charge in [0.25, 0.3) is 0 Å². The smallest absolute Gasteiger partial charge is 0.191 e. The summed E-state index contributed by atoms with van der Waals surface area (Å²) >= 11 is 0. The van der Waals surface area contributed by atoms with Crippen LogP contribution in [0.1, 0.15) is 37.8 Å². The van der Waals surface area contributed by atoms with Gasteiger partial charge >= 0.3 is 0 Å². The van der Waals surface area contributed by atoms with Gasteiger partial charge in [-0.25, -0.2) is 13.4 Å². The second-order valence-corrected chi connectivity index (χ2v) is 9.03. The topological polar surface area (TPSA) is 73.8 Å². The number of benzene rings is 1. The number of hydrogen-bond acceptors (Lipinski definition) is 4. The van der Waals surface area contributed by atoms with Gasteiger partial charge in [-0.1, -0.05) is 31.2 Å². The van der Waals surface area contributed by atoms with Crippen LogP contribution < -0.4 is 10.6 Å². The Bertz CT molecular complexity index is 686. The molecule has 0 amide bonds. The van der Waals surface area contributed by atoms with Crippen LogP contribution in [-0.2, 0) is 22.1 Å². The number of aliphatic imine (C=N–C) groups is 1. The minimum absolute atomic E-state index is 0.0794. The lowest BCUT2D eigenvalue weighted by Crippen LogP contribution is -2.44. The number of nitrogens with zero attached hydrogens (tertiary/aromatic N) is 2. The highest BCUT2D eigenvalue weighted by Crippen LogP contribution is 2.15. The molecule has 0 radical (unpaired) electrons. The molecule has 1 saturated heterocycles. The van der Waals surface area contributed by atoms with Crippen LogP contribution in [0.15, 0.2) is 29.3 Å². The van der Waals surface area contributed by atoms with Crippen LogP contribution in [0.2, 0.25) is 0 Å². The largest absolute Gasteiger partial charge is 0.357 e. The number of guanidine groups is 1. The van der Waals surface area contributed by atoms with E-state index in [1.807, 2.05) is 24.3 Å². The third-order valence-corrected chi connectivity index (χ3v) is 5.48. The van der Waals surface area contributed by atoms with Crippen molar-refractivity contribution in [3.05, 3.63) is 35.4 Å². The lowest BCUT2D eigenvalue weighted by molar-refractivity contribution is 0.267. The number of likely N-dealkylation sites (N-methyl/N-ethyl adjacent to an activating group) is 1. The highest BCUT2D eigenvalue weighted by atomic mass is 32.2. The van der Waals surface area contributed by atoms with Crippen molar-refractivity contribution >= 4 is 15.8 Å². The van der Waals surface area contributed by atoms with E-state index >= 15 is 0 Å². The Labute approximate surface area is 158 Å². The third-order valence-electron chi connectivity index (χ3n) is 4.63. The second kappa shape index (κ2) is 9.92. The summed E-state index contributed by atoms with van der Waals surface area (Å²) in [7, 11) is -3.00. The number of nitrogens with one attached hydrogen (secondary N) is 2. The summed E-state index contributed by atoms with van der Waals surface area (Å²) in [6.07, 6.45) is 3.76. The summed E-state index contributed by atoms with van der Waals surface area (Å²) < 4.78 is 22.7. The molecule has 1 unspecified atom stereocenters. The summed E-state index contributed by atoms with van der Waals surface area (Å²) in [4.78, 5) is 7.17. The van der Waals surface area contributed by atoms with E-state index in [-0.39, 0.29) is 5.75 Å². The first-order valence-electron chi connectivity index (χ1n) is 9.43. The molecule has 146 valence electrons. The molecule has 0 spiro atoms. The van der Waals surface area contributed by atoms with Crippen LogP contribution in [0.4, 0.5) is 0 Å². The molecule has 2 rings (SSSR count). The monoisotopic (exact) mass is 380 g/mol. The minimum atomic E-state index is -3.00. The summed E-state index contributed by atoms with van der Waals surface area (Å²) in [6, 6.07) is 8.21. The van der Waals surface area contributed by atoms with E-state index in [2.05, 4.69) is 34.4 Å². The van der Waals surface area contributed by atoms with Crippen LogP contribution in [0.5, 0.6) is 0 Å². The molecule has 0 bridgehead atoms. The van der Waals surface area contributed by atoms with Crippen LogP contribution in [0.25, 0.3) is 0 Å². The fourth-order valence-corrected chi connectivity index (χ4v) is 4.11. The Kier molecular flexibility index (Phi) is 7.90. The first-order chi connectivity index (χ1) is 12.4. The molecular formula is C19H32N4O2S. The average Bonchev–Trinajstić information content (AvgIpc) is 3.05. The zero-order valence-electron chi connectivity index (χ0n) is 16.2. The fraction of sp³-hybridized carbons (Fsp3) is 0.632. The van der Waals surface area contributed by atoms with Crippen molar-refractivity contribution in [1.29, 1.82) is 0 Å². The number of rotatable bonds is 8. The summed E-state index contributed by atoms with van der Waals surface area (Å²) in [6.45, 7) is 8.86. The van der Waals surface area contributed by atoms with Gasteiger partial charge < -0.3 is 10.6 Å². The molecule has 0 saturated carbocycles. The predicted molar refractivity (Wildman–Crippen MR) is 108 cm³/mol. The lowest BCUT2D eigenvalue weighted by Gasteiger charge is -2.24. The lowest BCUT2D eigenvalue weighted by atomic mass is 10.1. The number of hydrogen-bond donors (Lipinski definition) is 2. The highest BCUT2D eigenvalue weighted by Gasteiger charge is 2.22. The van der Waals surface area contributed by atoms with Crippen LogP contribution >= 0.6 is 0 Å². The van der Waals surface area contributed by atoms with Gasteiger partial charge in [-0.05, 0) is 44.0 Å². The normalized spacial score (nSPS) is 18.9. The quantitative estimate of drug-likeness (QED) is 0.531. The minimum Gasteiger partial charge on any atom is -0.357 e. The van der Waals surface area contributed by atoms with Gasteiger partial charge in [0.2, 0.25) is 0 Å². The molecule has 0 aliphatic carbocycles. The maximum Gasteiger partial charge on any atom is 0.191 e. The van der Waals surface area contributed by atoms with E-state index in [9.17, 15) is 8.42 Å². The molecule has 1 heterocycles. The van der Waals surface area contributed by atoms with E-state index < -0.39 is 9.84 Å². The van der Waals surface area contributed by atoms with Crippen LogP contribution in [0.3, 0.4) is 0 Å². The van der Waals surface area contributed by atoms with E-state index in [1.165, 1.54) is 25.6 Å². The molecule has 26 heavy (non-hydrogen) atoms. The van der Waals surface area contributed by atoms with E-state index in [0.29, 0.717) is 12.6 Å². The molecule has 1 aliphatic heterocycles. The van der Waals surface area contributed by atoms with Gasteiger partial charge in [-0.2, -0.15) is 0 Å². The molecule has 1 aromatic rings. The molecule has 0 aromatic heterocycles. The first-order valence-corrected chi connectivity index (χ1v) is 11.5. The zero-order chi connectivity index (χ0) is 19.0. The Morgan fingerprint density at radius 1 is 1.19 bits per heavy atom. The van der Waals surface area contributed by atoms with Crippen molar-refractivity contribution in [3.63, 3.8) is 0 Å². The first kappa shape index (κ1) is 20.7. The van der Waals surface area contributed by atoms with Crippen molar-refractivity contribution in [2.24, 2.45) is 4.99 Å². The fourth-order valence-electron chi connectivity index (χ4n) is 3.31. The molecule has 7 heteroatoms. The van der Waals surface area contributed by atoms with Gasteiger partial charge in [0.1, 0.15) is 0 Å². The Hall–Kier alpha value is -1.60. The zero-order valence-corrected chi connectivity index (χ0v) is 17.0. The predicted octanol–water partition coefficient (Wildman–Crippen LogP) is 1.77. The summed E-state index contributed by atoms with van der Waals surface area (Å²) in [5.74, 6) is 0.909. The SMILES string of the molecule is CCNC(=NCc1ccc(CS(C)(=O)=O)cc1)NCC1CCCN1CC. The van der Waals surface area contributed by atoms with E-state index in [1.54, 1.807) is 0 Å². The van der Waals surface area contributed by atoms with Gasteiger partial charge in [0.15, 0.2) is 15.8 Å². The van der Waals surface area contributed by atoms with Crippen molar-refractivity contribution in [2.75, 3.05) is 32.4 Å². The maximum atomic E-state index is 11.4. The van der Waals surface area contributed by atoms with Crippen LogP contribution in [-0.4, -0.2) is 57.8 Å². The van der Waals surface area contributed by atoms with Crippen molar-refractivity contribution in [3.8, 4) is 0 Å². The van der Waals surface area contributed by atoms with Crippen molar-refractivity contribution in [2.45, 2.75) is 45.0 Å². The highest BCUT2D eigenvalue weighted by molar-refractivity contribution is 7.89. The third kappa shape index (κ3) is 6.96. The number of likely N-dealkylation sites (tertiary alicyclic amines) is 1. The Morgan fingerprint density at radius 2 is 1.88 bits per heavy atom. The van der Waals surface area contributed by atoms with Gasteiger partial charge in [-0.3, -0.25) is 4.90 Å². The number of sulfone groups is 1. The Balaban J connectivity index is 1.91. The molecule has 1 atom stereocenters. The second-order valence-electron chi connectivity index (χ2n) is 6.89.